The molecule has 1 aromatic rings. The van der Waals surface area contributed by atoms with Crippen molar-refractivity contribution in [2.75, 3.05) is 6.54 Å². The van der Waals surface area contributed by atoms with Gasteiger partial charge in [0, 0.05) is 6.54 Å². The van der Waals surface area contributed by atoms with E-state index in [4.69, 9.17) is 0 Å². The molecule has 0 aromatic heterocycles. The van der Waals surface area contributed by atoms with Gasteiger partial charge in [0.05, 0.1) is 6.42 Å². The lowest BCUT2D eigenvalue weighted by Crippen LogP contribution is -2.25. The molecule has 0 aliphatic carbocycles. The van der Waals surface area contributed by atoms with Crippen LogP contribution < -0.4 is 5.32 Å². The average molecular weight is 203 g/mol. The summed E-state index contributed by atoms with van der Waals surface area (Å²) in [5, 5.41) is 2.77. The first-order valence-corrected chi connectivity index (χ1v) is 5.07. The van der Waals surface area contributed by atoms with Gasteiger partial charge in [-0.15, -0.1) is 6.58 Å². The predicted octanol–water partition coefficient (Wildman–Crippen LogP) is 2.15. The molecule has 0 spiro atoms. The van der Waals surface area contributed by atoms with Crippen LogP contribution in [0.4, 0.5) is 0 Å². The zero-order chi connectivity index (χ0) is 11.3. The van der Waals surface area contributed by atoms with Crippen molar-refractivity contribution >= 4 is 5.91 Å². The summed E-state index contributed by atoms with van der Waals surface area (Å²) in [5.41, 5.74) is 3.48. The van der Waals surface area contributed by atoms with Gasteiger partial charge in [0.25, 0.3) is 0 Å². The summed E-state index contributed by atoms with van der Waals surface area (Å²) in [6.07, 6.45) is 2.12. The normalized spacial score (nSPS) is 9.73. The first kappa shape index (κ1) is 11.5. The molecule has 0 unspecified atom stereocenters. The Morgan fingerprint density at radius 2 is 2.20 bits per heavy atom. The summed E-state index contributed by atoms with van der Waals surface area (Å²) in [6, 6.07) is 6.14. The van der Waals surface area contributed by atoms with Gasteiger partial charge in [0.2, 0.25) is 5.91 Å². The second-order valence-electron chi connectivity index (χ2n) is 3.70. The number of benzene rings is 1. The number of aryl methyl sites for hydroxylation is 2. The number of hydrogen-bond acceptors (Lipinski definition) is 1. The third kappa shape index (κ3) is 3.58. The molecule has 2 heteroatoms. The monoisotopic (exact) mass is 203 g/mol. The molecule has 1 N–H and O–H groups in total. The lowest BCUT2D eigenvalue weighted by Gasteiger charge is -2.06. The minimum atomic E-state index is 0.0434. The molecule has 0 heterocycles. The van der Waals surface area contributed by atoms with Gasteiger partial charge in [0.15, 0.2) is 0 Å². The molecule has 0 saturated carbocycles. The number of rotatable bonds is 4. The molecule has 1 amide bonds. The van der Waals surface area contributed by atoms with Gasteiger partial charge in [0.1, 0.15) is 0 Å². The van der Waals surface area contributed by atoms with E-state index in [9.17, 15) is 4.79 Å². The van der Waals surface area contributed by atoms with E-state index >= 15 is 0 Å². The van der Waals surface area contributed by atoms with Gasteiger partial charge < -0.3 is 5.32 Å². The van der Waals surface area contributed by atoms with Gasteiger partial charge in [-0.3, -0.25) is 4.79 Å². The molecule has 1 rings (SSSR count). The molecule has 0 aliphatic heterocycles. The Balaban J connectivity index is 2.64. The van der Waals surface area contributed by atoms with Crippen LogP contribution in [-0.4, -0.2) is 12.5 Å². The highest BCUT2D eigenvalue weighted by Gasteiger charge is 2.04. The summed E-state index contributed by atoms with van der Waals surface area (Å²) in [4.78, 5) is 11.4. The van der Waals surface area contributed by atoms with E-state index in [1.165, 1.54) is 11.1 Å². The highest BCUT2D eigenvalue weighted by Crippen LogP contribution is 2.10. The Kier molecular flexibility index (Phi) is 4.10. The van der Waals surface area contributed by atoms with Gasteiger partial charge in [-0.05, 0) is 25.0 Å². The van der Waals surface area contributed by atoms with E-state index in [0.717, 1.165) is 5.56 Å². The van der Waals surface area contributed by atoms with Crippen molar-refractivity contribution in [2.24, 2.45) is 0 Å². The molecular weight excluding hydrogens is 186 g/mol. The molecule has 0 aliphatic rings. The number of hydrogen-bond donors (Lipinski definition) is 1. The standard InChI is InChI=1S/C13H17NO/c1-4-7-14-13(15)9-12-6-5-10(2)8-11(12)3/h4-6,8H,1,7,9H2,2-3H3,(H,14,15). The minimum absolute atomic E-state index is 0.0434. The number of carbonyl (C=O) groups excluding carboxylic acids is 1. The second kappa shape index (κ2) is 5.35. The lowest BCUT2D eigenvalue weighted by molar-refractivity contribution is -0.120. The van der Waals surface area contributed by atoms with E-state index in [2.05, 4.69) is 24.9 Å². The fourth-order valence-electron chi connectivity index (χ4n) is 1.47. The molecule has 0 radical (unpaired) electrons. The number of amides is 1. The zero-order valence-corrected chi connectivity index (χ0v) is 9.34. The van der Waals surface area contributed by atoms with Crippen LogP contribution in [0, 0.1) is 13.8 Å². The van der Waals surface area contributed by atoms with E-state index < -0.39 is 0 Å². The van der Waals surface area contributed by atoms with Gasteiger partial charge in [-0.1, -0.05) is 29.8 Å². The largest absolute Gasteiger partial charge is 0.352 e. The Morgan fingerprint density at radius 3 is 2.80 bits per heavy atom. The first-order chi connectivity index (χ1) is 7.13. The Hall–Kier alpha value is -1.57. The smallest absolute Gasteiger partial charge is 0.224 e. The molecule has 0 saturated heterocycles. The SMILES string of the molecule is C=CCNC(=O)Cc1ccc(C)cc1C. The van der Waals surface area contributed by atoms with Gasteiger partial charge in [-0.25, -0.2) is 0 Å². The van der Waals surface area contributed by atoms with Crippen LogP contribution in [0.25, 0.3) is 0 Å². The van der Waals surface area contributed by atoms with E-state index in [-0.39, 0.29) is 5.91 Å². The minimum Gasteiger partial charge on any atom is -0.352 e. The van der Waals surface area contributed by atoms with E-state index in [0.29, 0.717) is 13.0 Å². The maximum Gasteiger partial charge on any atom is 0.224 e. The van der Waals surface area contributed by atoms with Crippen molar-refractivity contribution < 1.29 is 4.79 Å². The second-order valence-corrected chi connectivity index (χ2v) is 3.70. The van der Waals surface area contributed by atoms with E-state index in [1.54, 1.807) is 6.08 Å². The van der Waals surface area contributed by atoms with Crippen LogP contribution in [0.15, 0.2) is 30.9 Å². The first-order valence-electron chi connectivity index (χ1n) is 5.07. The maximum atomic E-state index is 11.4. The lowest BCUT2D eigenvalue weighted by atomic mass is 10.0. The quantitative estimate of drug-likeness (QED) is 0.746. The molecule has 15 heavy (non-hydrogen) atoms. The molecule has 0 fully saturated rings. The van der Waals surface area contributed by atoms with Gasteiger partial charge in [-0.2, -0.15) is 0 Å². The van der Waals surface area contributed by atoms with Gasteiger partial charge >= 0.3 is 0 Å². The third-order valence-corrected chi connectivity index (χ3v) is 2.29. The van der Waals surface area contributed by atoms with Crippen LogP contribution >= 0.6 is 0 Å². The van der Waals surface area contributed by atoms with Crippen molar-refractivity contribution in [3.05, 3.63) is 47.5 Å². The highest BCUT2D eigenvalue weighted by atomic mass is 16.1. The summed E-state index contributed by atoms with van der Waals surface area (Å²) >= 11 is 0. The zero-order valence-electron chi connectivity index (χ0n) is 9.34. The van der Waals surface area contributed by atoms with Crippen molar-refractivity contribution in [1.82, 2.24) is 5.32 Å². The van der Waals surface area contributed by atoms with Crippen LogP contribution in [0.5, 0.6) is 0 Å². The van der Waals surface area contributed by atoms with E-state index in [1.807, 2.05) is 19.1 Å². The molecule has 0 bridgehead atoms. The maximum absolute atomic E-state index is 11.4. The fourth-order valence-corrected chi connectivity index (χ4v) is 1.47. The molecular formula is C13H17NO. The Morgan fingerprint density at radius 1 is 1.47 bits per heavy atom. The summed E-state index contributed by atoms with van der Waals surface area (Å²) in [5.74, 6) is 0.0434. The molecule has 0 atom stereocenters. The van der Waals surface area contributed by atoms with Crippen LogP contribution in [-0.2, 0) is 11.2 Å². The third-order valence-electron chi connectivity index (χ3n) is 2.29. The molecule has 1 aromatic carbocycles. The van der Waals surface area contributed by atoms with Crippen molar-refractivity contribution in [3.63, 3.8) is 0 Å². The summed E-state index contributed by atoms with van der Waals surface area (Å²) < 4.78 is 0. The topological polar surface area (TPSA) is 29.1 Å². The van der Waals surface area contributed by atoms with Crippen molar-refractivity contribution in [2.45, 2.75) is 20.3 Å². The van der Waals surface area contributed by atoms with Crippen LogP contribution in [0.1, 0.15) is 16.7 Å². The molecule has 2 nitrogen and oxygen atoms in total. The van der Waals surface area contributed by atoms with Crippen molar-refractivity contribution in [1.29, 1.82) is 0 Å². The Labute approximate surface area is 91.0 Å². The van der Waals surface area contributed by atoms with Crippen molar-refractivity contribution in [3.8, 4) is 0 Å². The fraction of sp³-hybridized carbons (Fsp3) is 0.308. The molecule has 80 valence electrons. The number of carbonyl (C=O) groups is 1. The summed E-state index contributed by atoms with van der Waals surface area (Å²) in [6.45, 7) is 8.17. The summed E-state index contributed by atoms with van der Waals surface area (Å²) in [7, 11) is 0. The number of nitrogens with one attached hydrogen (secondary N) is 1. The van der Waals surface area contributed by atoms with Crippen LogP contribution in [0.3, 0.4) is 0 Å². The van der Waals surface area contributed by atoms with Crippen LogP contribution in [0.2, 0.25) is 0 Å². The average Bonchev–Trinajstić information content (AvgIpc) is 2.19. The Bertz CT molecular complexity index is 369. The highest BCUT2D eigenvalue weighted by molar-refractivity contribution is 5.79. The predicted molar refractivity (Wildman–Crippen MR) is 62.8 cm³/mol.